The molecule has 16 heavy (non-hydrogen) atoms. The zero-order valence-corrected chi connectivity index (χ0v) is 9.18. The Morgan fingerprint density at radius 2 is 1.88 bits per heavy atom. The van der Waals surface area contributed by atoms with Gasteiger partial charge in [0.1, 0.15) is 5.75 Å². The van der Waals surface area contributed by atoms with E-state index in [0.717, 1.165) is 16.9 Å². The Morgan fingerprint density at radius 3 is 2.56 bits per heavy atom. The second-order valence-corrected chi connectivity index (χ2v) is 3.42. The molecule has 1 heterocycles. The van der Waals surface area contributed by atoms with E-state index in [1.54, 1.807) is 12.4 Å². The van der Waals surface area contributed by atoms with E-state index in [9.17, 15) is 0 Å². The molecule has 0 radical (unpaired) electrons. The number of nitrogens with zero attached hydrogens (tertiary/aromatic N) is 1. The molecule has 82 valence electrons. The van der Waals surface area contributed by atoms with Crippen molar-refractivity contribution in [1.29, 1.82) is 0 Å². The molecule has 0 bridgehead atoms. The van der Waals surface area contributed by atoms with E-state index in [0.29, 0.717) is 12.3 Å². The second-order valence-electron chi connectivity index (χ2n) is 3.42. The number of nitrogen functional groups attached to an aromatic ring is 1. The van der Waals surface area contributed by atoms with Crippen molar-refractivity contribution in [3.05, 3.63) is 42.7 Å². The molecule has 0 aliphatic heterocycles. The Kier molecular flexibility index (Phi) is 3.05. The van der Waals surface area contributed by atoms with E-state index in [4.69, 9.17) is 10.5 Å². The Hall–Kier alpha value is -2.03. The molecule has 2 aromatic rings. The number of rotatable bonds is 3. The number of aromatic nitrogens is 1. The highest BCUT2D eigenvalue weighted by atomic mass is 16.5. The zero-order chi connectivity index (χ0) is 11.4. The predicted molar refractivity (Wildman–Crippen MR) is 65.3 cm³/mol. The van der Waals surface area contributed by atoms with Crippen molar-refractivity contribution in [3.63, 3.8) is 0 Å². The van der Waals surface area contributed by atoms with Gasteiger partial charge in [0.15, 0.2) is 0 Å². The van der Waals surface area contributed by atoms with Crippen LogP contribution in [0.5, 0.6) is 5.75 Å². The SMILES string of the molecule is CCOc1cc(-c2ccncc2)ccc1N. The summed E-state index contributed by atoms with van der Waals surface area (Å²) in [7, 11) is 0. The molecule has 3 heteroatoms. The standard InChI is InChI=1S/C13H14N2O/c1-2-16-13-9-11(3-4-12(13)14)10-5-7-15-8-6-10/h3-9H,2,14H2,1H3. The van der Waals surface area contributed by atoms with Crippen molar-refractivity contribution in [2.45, 2.75) is 6.92 Å². The molecule has 0 aliphatic carbocycles. The highest BCUT2D eigenvalue weighted by Crippen LogP contribution is 2.28. The van der Waals surface area contributed by atoms with Crippen molar-refractivity contribution in [1.82, 2.24) is 4.98 Å². The Morgan fingerprint density at radius 1 is 1.12 bits per heavy atom. The minimum absolute atomic E-state index is 0.615. The largest absolute Gasteiger partial charge is 0.492 e. The fourth-order valence-corrected chi connectivity index (χ4v) is 1.54. The van der Waals surface area contributed by atoms with Gasteiger partial charge in [-0.25, -0.2) is 0 Å². The van der Waals surface area contributed by atoms with E-state index in [-0.39, 0.29) is 0 Å². The van der Waals surface area contributed by atoms with Gasteiger partial charge in [0.05, 0.1) is 12.3 Å². The number of ether oxygens (including phenoxy) is 1. The second kappa shape index (κ2) is 4.66. The van der Waals surface area contributed by atoms with Gasteiger partial charge in [-0.05, 0) is 42.3 Å². The van der Waals surface area contributed by atoms with Crippen molar-refractivity contribution >= 4 is 5.69 Å². The van der Waals surface area contributed by atoms with Crippen LogP contribution in [0, 0.1) is 0 Å². The van der Waals surface area contributed by atoms with Crippen LogP contribution in [0.25, 0.3) is 11.1 Å². The van der Waals surface area contributed by atoms with Crippen LogP contribution in [-0.4, -0.2) is 11.6 Å². The highest BCUT2D eigenvalue weighted by molar-refractivity contribution is 5.69. The first-order chi connectivity index (χ1) is 7.81. The lowest BCUT2D eigenvalue weighted by molar-refractivity contribution is 0.342. The lowest BCUT2D eigenvalue weighted by Gasteiger charge is -2.09. The zero-order valence-electron chi connectivity index (χ0n) is 9.18. The summed E-state index contributed by atoms with van der Waals surface area (Å²) < 4.78 is 5.46. The minimum Gasteiger partial charge on any atom is -0.492 e. The van der Waals surface area contributed by atoms with Crippen molar-refractivity contribution in [3.8, 4) is 16.9 Å². The van der Waals surface area contributed by atoms with E-state index < -0.39 is 0 Å². The number of benzene rings is 1. The van der Waals surface area contributed by atoms with Gasteiger partial charge in [-0.15, -0.1) is 0 Å². The molecule has 0 saturated carbocycles. The van der Waals surface area contributed by atoms with Crippen LogP contribution in [0.1, 0.15) is 6.92 Å². The van der Waals surface area contributed by atoms with Gasteiger partial charge >= 0.3 is 0 Å². The molecule has 0 aliphatic rings. The summed E-state index contributed by atoms with van der Waals surface area (Å²) in [6, 6.07) is 9.71. The minimum atomic E-state index is 0.615. The van der Waals surface area contributed by atoms with Gasteiger partial charge in [-0.3, -0.25) is 4.98 Å². The van der Waals surface area contributed by atoms with Crippen LogP contribution < -0.4 is 10.5 Å². The maximum Gasteiger partial charge on any atom is 0.142 e. The lowest BCUT2D eigenvalue weighted by Crippen LogP contribution is -1.96. The first kappa shape index (κ1) is 10.5. The van der Waals surface area contributed by atoms with Crippen molar-refractivity contribution < 1.29 is 4.74 Å². The van der Waals surface area contributed by atoms with Crippen LogP contribution in [0.2, 0.25) is 0 Å². The van der Waals surface area contributed by atoms with Gasteiger partial charge in [0, 0.05) is 12.4 Å². The van der Waals surface area contributed by atoms with Gasteiger partial charge in [-0.1, -0.05) is 6.07 Å². The quantitative estimate of drug-likeness (QED) is 0.799. The fourth-order valence-electron chi connectivity index (χ4n) is 1.54. The van der Waals surface area contributed by atoms with E-state index in [2.05, 4.69) is 4.98 Å². The van der Waals surface area contributed by atoms with Gasteiger partial charge in [-0.2, -0.15) is 0 Å². The number of anilines is 1. The number of pyridine rings is 1. The van der Waals surface area contributed by atoms with Crippen molar-refractivity contribution in [2.24, 2.45) is 0 Å². The summed E-state index contributed by atoms with van der Waals surface area (Å²) in [5.74, 6) is 0.733. The highest BCUT2D eigenvalue weighted by Gasteiger charge is 2.03. The van der Waals surface area contributed by atoms with Crippen LogP contribution in [0.3, 0.4) is 0 Å². The average molecular weight is 214 g/mol. The van der Waals surface area contributed by atoms with Gasteiger partial charge < -0.3 is 10.5 Å². The maximum absolute atomic E-state index is 5.82. The summed E-state index contributed by atoms with van der Waals surface area (Å²) in [6.07, 6.45) is 3.54. The maximum atomic E-state index is 5.82. The molecule has 0 unspecified atom stereocenters. The average Bonchev–Trinajstić information content (AvgIpc) is 2.33. The molecule has 1 aromatic heterocycles. The molecule has 0 fully saturated rings. The Bertz CT molecular complexity index is 469. The first-order valence-electron chi connectivity index (χ1n) is 5.24. The van der Waals surface area contributed by atoms with Gasteiger partial charge in [0.25, 0.3) is 0 Å². The smallest absolute Gasteiger partial charge is 0.142 e. The molecule has 0 amide bonds. The van der Waals surface area contributed by atoms with Gasteiger partial charge in [0.2, 0.25) is 0 Å². The van der Waals surface area contributed by atoms with E-state index in [1.165, 1.54) is 0 Å². The third-order valence-corrected chi connectivity index (χ3v) is 2.33. The molecule has 2 N–H and O–H groups in total. The molecule has 0 saturated heterocycles. The van der Waals surface area contributed by atoms with Crippen LogP contribution in [0.4, 0.5) is 5.69 Å². The third-order valence-electron chi connectivity index (χ3n) is 2.33. The van der Waals surface area contributed by atoms with E-state index >= 15 is 0 Å². The molecular weight excluding hydrogens is 200 g/mol. The van der Waals surface area contributed by atoms with Crippen LogP contribution in [0.15, 0.2) is 42.7 Å². The topological polar surface area (TPSA) is 48.1 Å². The van der Waals surface area contributed by atoms with Crippen molar-refractivity contribution in [2.75, 3.05) is 12.3 Å². The lowest BCUT2D eigenvalue weighted by atomic mass is 10.1. The van der Waals surface area contributed by atoms with Crippen LogP contribution in [-0.2, 0) is 0 Å². The van der Waals surface area contributed by atoms with E-state index in [1.807, 2.05) is 37.3 Å². The molecular formula is C13H14N2O. The Labute approximate surface area is 94.9 Å². The molecule has 2 rings (SSSR count). The number of hydrogen-bond acceptors (Lipinski definition) is 3. The summed E-state index contributed by atoms with van der Waals surface area (Å²) in [4.78, 5) is 3.99. The molecule has 0 spiro atoms. The predicted octanol–water partition coefficient (Wildman–Crippen LogP) is 2.73. The molecule has 3 nitrogen and oxygen atoms in total. The molecule has 1 aromatic carbocycles. The summed E-state index contributed by atoms with van der Waals surface area (Å²) in [5, 5.41) is 0. The van der Waals surface area contributed by atoms with Crippen LogP contribution >= 0.6 is 0 Å². The fraction of sp³-hybridized carbons (Fsp3) is 0.154. The third kappa shape index (κ3) is 2.14. The normalized spacial score (nSPS) is 10.1. The Balaban J connectivity index is 2.40. The summed E-state index contributed by atoms with van der Waals surface area (Å²) in [6.45, 7) is 2.56. The summed E-state index contributed by atoms with van der Waals surface area (Å²) >= 11 is 0. The monoisotopic (exact) mass is 214 g/mol. The molecule has 0 atom stereocenters. The summed E-state index contributed by atoms with van der Waals surface area (Å²) in [5.41, 5.74) is 8.67. The first-order valence-corrected chi connectivity index (χ1v) is 5.24. The number of nitrogens with two attached hydrogens (primary N) is 1. The number of hydrogen-bond donors (Lipinski definition) is 1.